The zero-order valence-electron chi connectivity index (χ0n) is 11.5. The molecule has 1 aromatic carbocycles. The molecule has 1 atom stereocenters. The number of rotatable bonds is 8. The number of nitro benzene ring substituents is 1. The molecule has 0 saturated carbocycles. The van der Waals surface area contributed by atoms with E-state index in [1.54, 1.807) is 12.1 Å². The van der Waals surface area contributed by atoms with E-state index in [1.807, 2.05) is 6.92 Å². The minimum Gasteiger partial charge on any atom is -0.496 e. The lowest BCUT2D eigenvalue weighted by Crippen LogP contribution is -2.17. The molecule has 0 fully saturated rings. The number of hydrogen-bond acceptors (Lipinski definition) is 5. The van der Waals surface area contributed by atoms with Crippen LogP contribution in [-0.4, -0.2) is 29.7 Å². The molecule has 0 aliphatic rings. The smallest absolute Gasteiger partial charge is 0.303 e. The summed E-state index contributed by atoms with van der Waals surface area (Å²) in [7, 11) is 1.44. The summed E-state index contributed by atoms with van der Waals surface area (Å²) in [4.78, 5) is 21.2. The van der Waals surface area contributed by atoms with Gasteiger partial charge < -0.3 is 15.2 Å². The summed E-state index contributed by atoms with van der Waals surface area (Å²) >= 11 is 0. The molecule has 0 heterocycles. The number of nitrogens with zero attached hydrogens (tertiary/aromatic N) is 1. The third kappa shape index (κ3) is 4.42. The molecule has 7 nitrogen and oxygen atoms in total. The molecule has 0 spiro atoms. The van der Waals surface area contributed by atoms with Gasteiger partial charge in [-0.05, 0) is 18.1 Å². The number of methoxy groups -OCH3 is 1. The van der Waals surface area contributed by atoms with Crippen LogP contribution in [-0.2, 0) is 4.79 Å². The molecular weight excluding hydrogens is 264 g/mol. The Bertz CT molecular complexity index is 490. The lowest BCUT2D eigenvalue weighted by Gasteiger charge is -2.14. The van der Waals surface area contributed by atoms with Crippen LogP contribution in [0.4, 0.5) is 11.4 Å². The van der Waals surface area contributed by atoms with E-state index < -0.39 is 10.9 Å². The summed E-state index contributed by atoms with van der Waals surface area (Å²) in [5, 5.41) is 22.7. The van der Waals surface area contributed by atoms with Crippen molar-refractivity contribution in [1.29, 1.82) is 0 Å². The average molecular weight is 282 g/mol. The van der Waals surface area contributed by atoms with Crippen molar-refractivity contribution in [2.75, 3.05) is 19.0 Å². The van der Waals surface area contributed by atoms with Gasteiger partial charge in [0.25, 0.3) is 5.69 Å². The minimum absolute atomic E-state index is 0.0352. The fraction of sp³-hybridized carbons (Fsp3) is 0.462. The van der Waals surface area contributed by atoms with Gasteiger partial charge in [-0.1, -0.05) is 13.3 Å². The maximum absolute atomic E-state index is 11.0. The van der Waals surface area contributed by atoms with Crippen molar-refractivity contribution < 1.29 is 19.6 Å². The normalized spacial score (nSPS) is 11.7. The van der Waals surface area contributed by atoms with Crippen LogP contribution < -0.4 is 10.1 Å². The Morgan fingerprint density at radius 3 is 2.75 bits per heavy atom. The van der Waals surface area contributed by atoms with Crippen molar-refractivity contribution in [3.8, 4) is 5.75 Å². The molecule has 2 N–H and O–H groups in total. The number of hydrogen-bond donors (Lipinski definition) is 2. The lowest BCUT2D eigenvalue weighted by molar-refractivity contribution is -0.384. The number of nitrogens with one attached hydrogen (secondary N) is 1. The summed E-state index contributed by atoms with van der Waals surface area (Å²) in [6, 6.07) is 4.51. The highest BCUT2D eigenvalue weighted by Crippen LogP contribution is 2.29. The van der Waals surface area contributed by atoms with Gasteiger partial charge in [0.2, 0.25) is 0 Å². The van der Waals surface area contributed by atoms with E-state index in [0.717, 1.165) is 0 Å². The molecule has 0 amide bonds. The third-order valence-electron chi connectivity index (χ3n) is 3.02. The van der Waals surface area contributed by atoms with Gasteiger partial charge >= 0.3 is 5.97 Å². The summed E-state index contributed by atoms with van der Waals surface area (Å²) in [6.07, 6.45) is 0.719. The number of anilines is 1. The molecular formula is C13H18N2O5. The number of aliphatic carboxylic acids is 1. The zero-order valence-corrected chi connectivity index (χ0v) is 11.5. The van der Waals surface area contributed by atoms with Crippen LogP contribution in [0.25, 0.3) is 0 Å². The van der Waals surface area contributed by atoms with Crippen molar-refractivity contribution in [3.05, 3.63) is 28.3 Å². The summed E-state index contributed by atoms with van der Waals surface area (Å²) in [5.41, 5.74) is 0.272. The average Bonchev–Trinajstić information content (AvgIpc) is 2.42. The van der Waals surface area contributed by atoms with E-state index in [0.29, 0.717) is 24.4 Å². The molecule has 0 bridgehead atoms. The first kappa shape index (κ1) is 15.7. The third-order valence-corrected chi connectivity index (χ3v) is 3.02. The van der Waals surface area contributed by atoms with Crippen LogP contribution in [0.2, 0.25) is 0 Å². The minimum atomic E-state index is -0.872. The number of carboxylic acids is 1. The van der Waals surface area contributed by atoms with Gasteiger partial charge in [-0.2, -0.15) is 0 Å². The second-order valence-electron chi connectivity index (χ2n) is 4.39. The van der Waals surface area contributed by atoms with E-state index in [-0.39, 0.29) is 18.0 Å². The first-order valence-electron chi connectivity index (χ1n) is 6.26. The van der Waals surface area contributed by atoms with E-state index in [1.165, 1.54) is 13.2 Å². The molecule has 0 radical (unpaired) electrons. The molecule has 0 aromatic heterocycles. The number of carbonyl (C=O) groups is 1. The van der Waals surface area contributed by atoms with Gasteiger partial charge in [-0.15, -0.1) is 0 Å². The second-order valence-corrected chi connectivity index (χ2v) is 4.39. The Balaban J connectivity index is 2.81. The highest BCUT2D eigenvalue weighted by atomic mass is 16.6. The fourth-order valence-corrected chi connectivity index (χ4v) is 1.80. The molecule has 1 aromatic rings. The molecule has 110 valence electrons. The largest absolute Gasteiger partial charge is 0.496 e. The highest BCUT2D eigenvalue weighted by molar-refractivity contribution is 5.67. The molecule has 0 saturated heterocycles. The van der Waals surface area contributed by atoms with Gasteiger partial charge in [0.05, 0.1) is 18.1 Å². The van der Waals surface area contributed by atoms with Gasteiger partial charge in [-0.3, -0.25) is 14.9 Å². The lowest BCUT2D eigenvalue weighted by atomic mass is 10.0. The van der Waals surface area contributed by atoms with Crippen LogP contribution in [0, 0.1) is 16.0 Å². The monoisotopic (exact) mass is 282 g/mol. The summed E-state index contributed by atoms with van der Waals surface area (Å²) < 4.78 is 4.95. The standard InChI is InChI=1S/C13H18N2O5/c1-3-9(6-13(16)17)8-14-11-5-4-10(20-2)7-12(11)15(18)19/h4-5,7,9,14H,3,6,8H2,1-2H3,(H,16,17). The Morgan fingerprint density at radius 2 is 2.25 bits per heavy atom. The summed E-state index contributed by atoms with van der Waals surface area (Å²) in [6.45, 7) is 2.26. The molecule has 0 aliphatic heterocycles. The first-order valence-corrected chi connectivity index (χ1v) is 6.26. The Morgan fingerprint density at radius 1 is 1.55 bits per heavy atom. The van der Waals surface area contributed by atoms with Gasteiger partial charge in [0.15, 0.2) is 0 Å². The predicted octanol–water partition coefficient (Wildman–Crippen LogP) is 2.52. The molecule has 1 unspecified atom stereocenters. The van der Waals surface area contributed by atoms with Crippen molar-refractivity contribution in [2.45, 2.75) is 19.8 Å². The zero-order chi connectivity index (χ0) is 15.1. The number of benzene rings is 1. The molecule has 1 rings (SSSR count). The van der Waals surface area contributed by atoms with E-state index in [9.17, 15) is 14.9 Å². The van der Waals surface area contributed by atoms with Crippen molar-refractivity contribution in [2.24, 2.45) is 5.92 Å². The van der Waals surface area contributed by atoms with Crippen LogP contribution >= 0.6 is 0 Å². The second kappa shape index (κ2) is 7.32. The van der Waals surface area contributed by atoms with Crippen molar-refractivity contribution >= 4 is 17.3 Å². The number of nitro groups is 1. The van der Waals surface area contributed by atoms with Crippen LogP contribution in [0.3, 0.4) is 0 Å². The van der Waals surface area contributed by atoms with Crippen LogP contribution in [0.15, 0.2) is 18.2 Å². The molecule has 7 heteroatoms. The first-order chi connectivity index (χ1) is 9.47. The van der Waals surface area contributed by atoms with Gasteiger partial charge in [-0.25, -0.2) is 0 Å². The summed E-state index contributed by atoms with van der Waals surface area (Å²) in [5.74, 6) is -0.545. The maximum atomic E-state index is 11.0. The molecule has 0 aliphatic carbocycles. The Labute approximate surface area is 116 Å². The van der Waals surface area contributed by atoms with E-state index >= 15 is 0 Å². The van der Waals surface area contributed by atoms with Gasteiger partial charge in [0.1, 0.15) is 11.4 Å². The predicted molar refractivity (Wildman–Crippen MR) is 74.2 cm³/mol. The van der Waals surface area contributed by atoms with Crippen LogP contribution in [0.5, 0.6) is 5.75 Å². The van der Waals surface area contributed by atoms with E-state index in [4.69, 9.17) is 9.84 Å². The number of ether oxygens (including phenoxy) is 1. The topological polar surface area (TPSA) is 102 Å². The quantitative estimate of drug-likeness (QED) is 0.561. The fourth-order valence-electron chi connectivity index (χ4n) is 1.80. The number of carboxylic acid groups (broad SMARTS) is 1. The highest BCUT2D eigenvalue weighted by Gasteiger charge is 2.17. The van der Waals surface area contributed by atoms with Crippen LogP contribution in [0.1, 0.15) is 19.8 Å². The SMILES string of the molecule is CCC(CNc1ccc(OC)cc1[N+](=O)[O-])CC(=O)O. The molecule has 20 heavy (non-hydrogen) atoms. The van der Waals surface area contributed by atoms with Crippen molar-refractivity contribution in [3.63, 3.8) is 0 Å². The van der Waals surface area contributed by atoms with E-state index in [2.05, 4.69) is 5.32 Å². The Hall–Kier alpha value is -2.31. The van der Waals surface area contributed by atoms with Gasteiger partial charge in [0, 0.05) is 13.0 Å². The van der Waals surface area contributed by atoms with Crippen molar-refractivity contribution in [1.82, 2.24) is 0 Å². The Kier molecular flexibility index (Phi) is 5.76. The maximum Gasteiger partial charge on any atom is 0.303 e.